The molecule has 1 N–H and O–H groups in total. The van der Waals surface area contributed by atoms with E-state index in [1.54, 1.807) is 23.1 Å². The van der Waals surface area contributed by atoms with Gasteiger partial charge < -0.3 is 15.0 Å². The minimum absolute atomic E-state index is 0.00970. The molecule has 0 atom stereocenters. The Labute approximate surface area is 236 Å². The Hall–Kier alpha value is -3.91. The van der Waals surface area contributed by atoms with Crippen LogP contribution in [-0.4, -0.2) is 49.0 Å². The molecule has 0 unspecified atom stereocenters. The van der Waals surface area contributed by atoms with Crippen LogP contribution in [0, 0.1) is 0 Å². The van der Waals surface area contributed by atoms with Gasteiger partial charge in [0.25, 0.3) is 5.91 Å². The fraction of sp³-hybridized carbons (Fsp3) is 0.258. The fourth-order valence-electron chi connectivity index (χ4n) is 4.94. The normalized spacial score (nSPS) is 16.3. The van der Waals surface area contributed by atoms with E-state index in [1.165, 1.54) is 11.6 Å². The number of hydrogen-bond donors (Lipinski definition) is 1. The molecule has 2 fully saturated rings. The van der Waals surface area contributed by atoms with Crippen LogP contribution in [0.15, 0.2) is 83.3 Å². The maximum Gasteiger partial charge on any atom is 0.414 e. The third-order valence-electron chi connectivity index (χ3n) is 7.13. The van der Waals surface area contributed by atoms with Gasteiger partial charge in [-0.25, -0.2) is 4.79 Å². The number of ether oxygens (including phenoxy) is 1. The van der Waals surface area contributed by atoms with Gasteiger partial charge in [-0.05, 0) is 90.9 Å². The summed E-state index contributed by atoms with van der Waals surface area (Å²) in [5.41, 5.74) is 4.28. The molecule has 39 heavy (non-hydrogen) atoms. The second-order valence-corrected chi connectivity index (χ2v) is 10.6. The Balaban J connectivity index is 1.11. The number of halogens is 1. The lowest BCUT2D eigenvalue weighted by Gasteiger charge is -2.32. The highest BCUT2D eigenvalue weighted by Gasteiger charge is 2.26. The largest absolute Gasteiger partial charge is 0.449 e. The van der Waals surface area contributed by atoms with Gasteiger partial charge in [-0.1, -0.05) is 40.2 Å². The first-order chi connectivity index (χ1) is 19.0. The number of carbonyl (C=O) groups is 3. The van der Waals surface area contributed by atoms with E-state index in [1.807, 2.05) is 53.4 Å². The Bertz CT molecular complexity index is 1350. The second kappa shape index (κ2) is 12.3. The van der Waals surface area contributed by atoms with Crippen LogP contribution in [0.5, 0.6) is 0 Å². The van der Waals surface area contributed by atoms with Gasteiger partial charge in [0, 0.05) is 47.1 Å². The third-order valence-corrected chi connectivity index (χ3v) is 7.66. The van der Waals surface area contributed by atoms with E-state index in [2.05, 4.69) is 33.4 Å². The molecule has 7 nitrogen and oxygen atoms in total. The molecule has 3 aromatic carbocycles. The van der Waals surface area contributed by atoms with Crippen molar-refractivity contribution in [3.05, 3.63) is 100 Å². The number of piperidine rings is 1. The molecule has 5 rings (SSSR count). The second-order valence-electron chi connectivity index (χ2n) is 9.73. The zero-order valence-electron chi connectivity index (χ0n) is 21.5. The molecule has 3 aromatic rings. The van der Waals surface area contributed by atoms with E-state index in [0.717, 1.165) is 40.7 Å². The van der Waals surface area contributed by atoms with Gasteiger partial charge in [0.1, 0.15) is 0 Å². The summed E-state index contributed by atoms with van der Waals surface area (Å²) in [5.74, 6) is 0.195. The quantitative estimate of drug-likeness (QED) is 0.335. The minimum Gasteiger partial charge on any atom is -0.449 e. The van der Waals surface area contributed by atoms with Gasteiger partial charge in [-0.15, -0.1) is 0 Å². The molecular weight excluding hydrogens is 558 g/mol. The molecule has 3 amide bonds. The SMILES string of the molecule is O=C(/C=C/c1ccc(Br)cc1)Nc1ccc(C2CCN(C(=O)c3ccc(N4CCCOC4=O)cc3)CC2)cc1. The smallest absolute Gasteiger partial charge is 0.414 e. The number of benzene rings is 3. The molecule has 0 aliphatic carbocycles. The van der Waals surface area contributed by atoms with Crippen LogP contribution >= 0.6 is 15.9 Å². The number of carbonyl (C=O) groups excluding carboxylic acids is 3. The minimum atomic E-state index is -0.341. The molecular formula is C31H30BrN3O4. The van der Waals surface area contributed by atoms with Crippen LogP contribution in [0.25, 0.3) is 6.08 Å². The average molecular weight is 589 g/mol. The maximum absolute atomic E-state index is 13.1. The molecule has 2 aliphatic rings. The molecule has 0 saturated carbocycles. The van der Waals surface area contributed by atoms with E-state index >= 15 is 0 Å². The molecule has 2 saturated heterocycles. The Morgan fingerprint density at radius 2 is 1.59 bits per heavy atom. The molecule has 0 spiro atoms. The number of nitrogens with zero attached hydrogens (tertiary/aromatic N) is 2. The molecule has 2 heterocycles. The lowest BCUT2D eigenvalue weighted by atomic mass is 9.89. The summed E-state index contributed by atoms with van der Waals surface area (Å²) in [6, 6.07) is 22.9. The Kier molecular flexibility index (Phi) is 8.42. The van der Waals surface area contributed by atoms with E-state index in [0.29, 0.717) is 37.7 Å². The van der Waals surface area contributed by atoms with Gasteiger partial charge in [-0.3, -0.25) is 14.5 Å². The van der Waals surface area contributed by atoms with Crippen LogP contribution in [-0.2, 0) is 9.53 Å². The summed E-state index contributed by atoms with van der Waals surface area (Å²) in [6.45, 7) is 2.44. The van der Waals surface area contributed by atoms with Crippen LogP contribution in [0.1, 0.15) is 46.7 Å². The van der Waals surface area contributed by atoms with Gasteiger partial charge >= 0.3 is 6.09 Å². The highest BCUT2D eigenvalue weighted by Crippen LogP contribution is 2.30. The molecule has 2 aliphatic heterocycles. The van der Waals surface area contributed by atoms with Crippen LogP contribution < -0.4 is 10.2 Å². The molecule has 0 bridgehead atoms. The van der Waals surface area contributed by atoms with E-state index in [9.17, 15) is 14.4 Å². The highest BCUT2D eigenvalue weighted by molar-refractivity contribution is 9.10. The highest BCUT2D eigenvalue weighted by atomic mass is 79.9. The van der Waals surface area contributed by atoms with Gasteiger partial charge in [0.2, 0.25) is 5.91 Å². The lowest BCUT2D eigenvalue weighted by Crippen LogP contribution is -2.38. The fourth-order valence-corrected chi connectivity index (χ4v) is 5.20. The zero-order valence-corrected chi connectivity index (χ0v) is 23.1. The monoisotopic (exact) mass is 587 g/mol. The van der Waals surface area contributed by atoms with Crippen LogP contribution in [0.4, 0.5) is 16.2 Å². The Morgan fingerprint density at radius 3 is 2.26 bits per heavy atom. The number of rotatable bonds is 6. The van der Waals surface area contributed by atoms with E-state index in [4.69, 9.17) is 4.74 Å². The number of hydrogen-bond acceptors (Lipinski definition) is 4. The Morgan fingerprint density at radius 1 is 0.897 bits per heavy atom. The van der Waals surface area contributed by atoms with Crippen molar-refractivity contribution in [3.8, 4) is 0 Å². The van der Waals surface area contributed by atoms with Crippen molar-refractivity contribution in [2.75, 3.05) is 36.5 Å². The number of cyclic esters (lactones) is 1. The van der Waals surface area contributed by atoms with Crippen molar-refractivity contribution in [3.63, 3.8) is 0 Å². The topological polar surface area (TPSA) is 79.0 Å². The number of anilines is 2. The summed E-state index contributed by atoms with van der Waals surface area (Å²) in [5, 5.41) is 2.90. The van der Waals surface area contributed by atoms with Crippen LogP contribution in [0.2, 0.25) is 0 Å². The predicted octanol–water partition coefficient (Wildman–Crippen LogP) is 6.47. The van der Waals surface area contributed by atoms with E-state index < -0.39 is 0 Å². The van der Waals surface area contributed by atoms with E-state index in [-0.39, 0.29) is 17.9 Å². The van der Waals surface area contributed by atoms with Crippen molar-refractivity contribution in [1.29, 1.82) is 0 Å². The average Bonchev–Trinajstić information content (AvgIpc) is 2.97. The molecule has 200 valence electrons. The number of likely N-dealkylation sites (tertiary alicyclic amines) is 1. The van der Waals surface area contributed by atoms with Crippen molar-refractivity contribution >= 4 is 51.3 Å². The third kappa shape index (κ3) is 6.75. The van der Waals surface area contributed by atoms with Crippen molar-refractivity contribution in [1.82, 2.24) is 4.90 Å². The number of nitrogens with one attached hydrogen (secondary N) is 1. The first-order valence-corrected chi connectivity index (χ1v) is 13.9. The van der Waals surface area contributed by atoms with Gasteiger partial charge in [0.05, 0.1) is 6.61 Å². The van der Waals surface area contributed by atoms with Crippen molar-refractivity contribution in [2.45, 2.75) is 25.2 Å². The lowest BCUT2D eigenvalue weighted by molar-refractivity contribution is -0.111. The van der Waals surface area contributed by atoms with Gasteiger partial charge in [-0.2, -0.15) is 0 Å². The molecule has 0 radical (unpaired) electrons. The number of amides is 3. The standard InChI is InChI=1S/C31H30BrN3O4/c32-26-9-2-22(3-10-26)4-15-29(36)33-27-11-5-23(6-12-27)24-16-19-34(20-17-24)30(37)25-7-13-28(14-8-25)35-18-1-21-39-31(35)38/h2-15,24H,1,16-21H2,(H,33,36)/b15-4+. The summed E-state index contributed by atoms with van der Waals surface area (Å²) in [7, 11) is 0. The van der Waals surface area contributed by atoms with Gasteiger partial charge in [0.15, 0.2) is 0 Å². The summed E-state index contributed by atoms with van der Waals surface area (Å²) < 4.78 is 6.10. The summed E-state index contributed by atoms with van der Waals surface area (Å²) in [6.07, 6.45) is 5.52. The maximum atomic E-state index is 13.1. The van der Waals surface area contributed by atoms with Crippen molar-refractivity contribution in [2.24, 2.45) is 0 Å². The summed E-state index contributed by atoms with van der Waals surface area (Å²) >= 11 is 3.40. The van der Waals surface area contributed by atoms with Crippen molar-refractivity contribution < 1.29 is 19.1 Å². The predicted molar refractivity (Wildman–Crippen MR) is 156 cm³/mol. The summed E-state index contributed by atoms with van der Waals surface area (Å²) in [4.78, 5) is 40.8. The molecule has 0 aromatic heterocycles. The zero-order chi connectivity index (χ0) is 27.2. The van der Waals surface area contributed by atoms with Crippen LogP contribution in [0.3, 0.4) is 0 Å². The molecule has 8 heteroatoms. The first-order valence-electron chi connectivity index (χ1n) is 13.1. The first kappa shape index (κ1) is 26.7.